The van der Waals surface area contributed by atoms with Crippen molar-refractivity contribution < 1.29 is 29.9 Å². The van der Waals surface area contributed by atoms with Gasteiger partial charge < -0.3 is 29.9 Å². The van der Waals surface area contributed by atoms with Gasteiger partial charge in [0.15, 0.2) is 5.79 Å². The Morgan fingerprint density at radius 1 is 0.588 bits per heavy atom. The van der Waals surface area contributed by atoms with Gasteiger partial charge in [0.05, 0.1) is 36.6 Å². The molecule has 0 aromatic carbocycles. The fraction of sp³-hybridized carbons (Fsp3) is 0.956. The lowest BCUT2D eigenvalue weighted by Gasteiger charge is -2.63. The van der Waals surface area contributed by atoms with Crippen LogP contribution < -0.4 is 0 Å². The van der Waals surface area contributed by atoms with E-state index in [2.05, 4.69) is 61.5 Å². The fourth-order valence-corrected chi connectivity index (χ4v) is 16.5. The molecule has 1 saturated heterocycles. The van der Waals surface area contributed by atoms with Crippen LogP contribution in [-0.2, 0) is 9.47 Å². The standard InChI is InChI=1S/C24H38O3.C21H36O3/c1-6-14-7-8-16-19-17(10-12-23(14,16)4)24(5)11-9-15(25)13-18(24)20-21(19)27-22(2,3)26-20;1-4-12-5-6-14-17-15(8-10-20(12,14)2)21(3)9-7-13(22)11-16(21)18(23)19(17)24/h6,15-21,25H,7-13H2,1-5H3;12-19,22-24H,4-11H2,1-3H3/b14-6-;/t15-,16?,17?,18?,19?,20-,21-,23-,24-;12-,13+,14?,15?,16?,17?,18+,19+,20+,21+/m10/s1. The van der Waals surface area contributed by atoms with Crippen LogP contribution in [0.3, 0.4) is 0 Å². The normalized spacial score (nSPS) is 58.9. The van der Waals surface area contributed by atoms with Crippen molar-refractivity contribution in [1.29, 1.82) is 0 Å². The van der Waals surface area contributed by atoms with E-state index in [4.69, 9.17) is 9.47 Å². The third-order valence-electron chi connectivity index (χ3n) is 19.1. The van der Waals surface area contributed by atoms with Gasteiger partial charge in [0.2, 0.25) is 0 Å². The first-order valence-corrected chi connectivity index (χ1v) is 21.8. The Balaban J connectivity index is 0.000000148. The van der Waals surface area contributed by atoms with Crippen LogP contribution in [-0.4, -0.2) is 62.8 Å². The average Bonchev–Trinajstić information content (AvgIpc) is 3.73. The number of allylic oxidation sites excluding steroid dienone is 2. The zero-order valence-electron chi connectivity index (χ0n) is 33.4. The summed E-state index contributed by atoms with van der Waals surface area (Å²) >= 11 is 0. The molecule has 9 fully saturated rings. The Morgan fingerprint density at radius 3 is 1.82 bits per heavy atom. The maximum absolute atomic E-state index is 11.1. The first-order chi connectivity index (χ1) is 24.0. The lowest BCUT2D eigenvalue weighted by Crippen LogP contribution is -2.64. The van der Waals surface area contributed by atoms with Gasteiger partial charge in [-0.25, -0.2) is 0 Å². The number of fused-ring (bicyclic) bond motifs is 13. The van der Waals surface area contributed by atoms with Crippen LogP contribution in [0.25, 0.3) is 0 Å². The van der Waals surface area contributed by atoms with E-state index < -0.39 is 18.0 Å². The molecule has 1 heterocycles. The lowest BCUT2D eigenvalue weighted by atomic mass is 9.43. The zero-order valence-corrected chi connectivity index (χ0v) is 33.4. The van der Waals surface area contributed by atoms with Crippen LogP contribution in [0.15, 0.2) is 11.6 Å². The predicted octanol–water partition coefficient (Wildman–Crippen LogP) is 8.43. The summed E-state index contributed by atoms with van der Waals surface area (Å²) in [6.07, 6.45) is 18.0. The average molecular weight is 711 g/mol. The van der Waals surface area contributed by atoms with Crippen molar-refractivity contribution in [3.8, 4) is 0 Å². The molecule has 51 heavy (non-hydrogen) atoms. The molecule has 9 rings (SSSR count). The summed E-state index contributed by atoms with van der Waals surface area (Å²) in [5, 5.41) is 42.7. The molecule has 0 aromatic rings. The first-order valence-electron chi connectivity index (χ1n) is 21.8. The highest BCUT2D eigenvalue weighted by Crippen LogP contribution is 2.70. The monoisotopic (exact) mass is 711 g/mol. The van der Waals surface area contributed by atoms with Crippen LogP contribution in [0.2, 0.25) is 0 Å². The van der Waals surface area contributed by atoms with Gasteiger partial charge in [0, 0.05) is 0 Å². The van der Waals surface area contributed by atoms with Gasteiger partial charge in [0.25, 0.3) is 0 Å². The van der Waals surface area contributed by atoms with Gasteiger partial charge in [-0.2, -0.15) is 0 Å². The minimum atomic E-state index is -0.658. The van der Waals surface area contributed by atoms with Crippen LogP contribution in [0.5, 0.6) is 0 Å². The van der Waals surface area contributed by atoms with Crippen molar-refractivity contribution in [2.24, 2.45) is 74.9 Å². The van der Waals surface area contributed by atoms with Gasteiger partial charge in [-0.05, 0) is 186 Å². The molecule has 9 aliphatic rings. The highest BCUT2D eigenvalue weighted by Gasteiger charge is 2.68. The van der Waals surface area contributed by atoms with Gasteiger partial charge >= 0.3 is 0 Å². The summed E-state index contributed by atoms with van der Waals surface area (Å²) in [4.78, 5) is 0. The van der Waals surface area contributed by atoms with E-state index in [-0.39, 0.29) is 47.1 Å². The first kappa shape index (κ1) is 37.4. The van der Waals surface area contributed by atoms with Gasteiger partial charge in [-0.1, -0.05) is 52.7 Å². The van der Waals surface area contributed by atoms with Crippen LogP contribution >= 0.6 is 0 Å². The predicted molar refractivity (Wildman–Crippen MR) is 200 cm³/mol. The van der Waals surface area contributed by atoms with Crippen LogP contribution in [0.4, 0.5) is 0 Å². The number of hydrogen-bond acceptors (Lipinski definition) is 6. The molecule has 19 atom stereocenters. The smallest absolute Gasteiger partial charge is 0.163 e. The summed E-state index contributed by atoms with van der Waals surface area (Å²) in [5.41, 5.74) is 2.78. The van der Waals surface area contributed by atoms with Gasteiger partial charge in [-0.15, -0.1) is 0 Å². The van der Waals surface area contributed by atoms with Crippen molar-refractivity contribution in [3.05, 3.63) is 11.6 Å². The lowest BCUT2D eigenvalue weighted by molar-refractivity contribution is -0.222. The van der Waals surface area contributed by atoms with Crippen molar-refractivity contribution in [2.75, 3.05) is 0 Å². The minimum Gasteiger partial charge on any atom is -0.393 e. The van der Waals surface area contributed by atoms with Crippen molar-refractivity contribution >= 4 is 0 Å². The SMILES string of the molecule is C/C=C1/CCC2C3C(CC[C@]12C)[C@@]1(C)CC[C@@H](O)CC1[C@H]1OC(C)(C)O[C@H]31.CC[C@H]1CCC2C3C(CC[C@@]21C)[C@@]1(C)CC[C@@H](O)CC1[C@@H](O)[C@@H]3O. The summed E-state index contributed by atoms with van der Waals surface area (Å²) < 4.78 is 13.2. The molecule has 290 valence electrons. The molecule has 6 nitrogen and oxygen atoms in total. The molecule has 8 aliphatic carbocycles. The Kier molecular flexibility index (Phi) is 9.37. The molecule has 0 amide bonds. The topological polar surface area (TPSA) is 99.4 Å². The van der Waals surface area contributed by atoms with Crippen molar-refractivity contribution in [3.63, 3.8) is 0 Å². The van der Waals surface area contributed by atoms with Crippen LogP contribution in [0, 0.1) is 74.9 Å². The molecular weight excluding hydrogens is 636 g/mol. The molecule has 0 radical (unpaired) electrons. The Labute approximate surface area is 309 Å². The van der Waals surface area contributed by atoms with E-state index in [1.807, 2.05) is 0 Å². The Hall–Kier alpha value is -0.500. The summed E-state index contributed by atoms with van der Waals surface area (Å²) in [5.74, 6) is 4.15. The highest BCUT2D eigenvalue weighted by molar-refractivity contribution is 5.25. The van der Waals surface area contributed by atoms with E-state index in [1.54, 1.807) is 5.57 Å². The molecule has 0 aromatic heterocycles. The maximum atomic E-state index is 11.1. The quantitative estimate of drug-likeness (QED) is 0.204. The Morgan fingerprint density at radius 2 is 1.16 bits per heavy atom. The third kappa shape index (κ3) is 5.42. The molecule has 0 spiro atoms. The highest BCUT2D eigenvalue weighted by atomic mass is 16.8. The van der Waals surface area contributed by atoms with Crippen molar-refractivity contribution in [1.82, 2.24) is 0 Å². The largest absolute Gasteiger partial charge is 0.393 e. The van der Waals surface area contributed by atoms with Gasteiger partial charge in [0.1, 0.15) is 0 Å². The minimum absolute atomic E-state index is 0.0604. The summed E-state index contributed by atoms with van der Waals surface area (Å²) in [6, 6.07) is 0. The molecule has 6 heteroatoms. The van der Waals surface area contributed by atoms with E-state index >= 15 is 0 Å². The molecule has 8 saturated carbocycles. The van der Waals surface area contributed by atoms with Crippen LogP contribution in [0.1, 0.15) is 152 Å². The fourth-order valence-electron chi connectivity index (χ4n) is 16.5. The molecule has 4 N–H and O–H groups in total. The number of aliphatic hydroxyl groups is 4. The number of hydrogen-bond donors (Lipinski definition) is 4. The van der Waals surface area contributed by atoms with E-state index in [1.165, 1.54) is 57.8 Å². The molecule has 8 unspecified atom stereocenters. The van der Waals surface area contributed by atoms with Gasteiger partial charge in [-0.3, -0.25) is 0 Å². The number of aliphatic hydroxyl groups excluding tert-OH is 4. The van der Waals surface area contributed by atoms with Crippen molar-refractivity contribution in [2.45, 2.75) is 194 Å². The maximum Gasteiger partial charge on any atom is 0.163 e. The van der Waals surface area contributed by atoms with E-state index in [0.717, 1.165) is 43.9 Å². The third-order valence-corrected chi connectivity index (χ3v) is 19.1. The molecule has 1 aliphatic heterocycles. The summed E-state index contributed by atoms with van der Waals surface area (Å²) in [6.45, 7) is 18.6. The number of rotatable bonds is 1. The van der Waals surface area contributed by atoms with E-state index in [9.17, 15) is 20.4 Å². The Bertz CT molecular complexity index is 1350. The summed E-state index contributed by atoms with van der Waals surface area (Å²) in [7, 11) is 0. The number of ether oxygens (including phenoxy) is 2. The second kappa shape index (κ2) is 12.8. The van der Waals surface area contributed by atoms with E-state index in [0.29, 0.717) is 46.8 Å². The molecular formula is C45H74O6. The second-order valence-corrected chi connectivity index (χ2v) is 21.2. The second-order valence-electron chi connectivity index (χ2n) is 21.2. The molecule has 0 bridgehead atoms. The zero-order chi connectivity index (χ0) is 36.5.